The third-order valence-electron chi connectivity index (χ3n) is 2.99. The third kappa shape index (κ3) is 3.23. The number of amides is 1. The summed E-state index contributed by atoms with van der Waals surface area (Å²) in [4.78, 5) is 13.9. The van der Waals surface area contributed by atoms with Crippen molar-refractivity contribution in [2.45, 2.75) is 25.5 Å². The number of benzene rings is 1. The molecule has 1 aromatic carbocycles. The fourth-order valence-electron chi connectivity index (χ4n) is 2.04. The third-order valence-corrected chi connectivity index (χ3v) is 3.49. The van der Waals surface area contributed by atoms with Gasteiger partial charge in [0.1, 0.15) is 5.75 Å². The molecular formula is C13H17BrN2O2. The number of carbonyl (C=O) groups excluding carboxylic acids is 1. The van der Waals surface area contributed by atoms with Gasteiger partial charge in [-0.25, -0.2) is 0 Å². The summed E-state index contributed by atoms with van der Waals surface area (Å²) in [5.74, 6) is 0.691. The van der Waals surface area contributed by atoms with E-state index >= 15 is 0 Å². The first-order chi connectivity index (χ1) is 8.56. The van der Waals surface area contributed by atoms with Gasteiger partial charge in [-0.3, -0.25) is 4.79 Å². The molecule has 1 aliphatic heterocycles. The fraction of sp³-hybridized carbons (Fsp3) is 0.462. The number of hydrogen-bond acceptors (Lipinski definition) is 3. The van der Waals surface area contributed by atoms with Gasteiger partial charge < -0.3 is 15.4 Å². The molecule has 4 nitrogen and oxygen atoms in total. The molecule has 0 radical (unpaired) electrons. The van der Waals surface area contributed by atoms with Crippen LogP contribution in [0.5, 0.6) is 5.75 Å². The van der Waals surface area contributed by atoms with Crippen LogP contribution in [-0.4, -0.2) is 36.0 Å². The number of halogens is 1. The van der Waals surface area contributed by atoms with E-state index in [2.05, 4.69) is 15.9 Å². The molecule has 5 heteroatoms. The molecule has 2 rings (SSSR count). The van der Waals surface area contributed by atoms with Crippen molar-refractivity contribution in [1.29, 1.82) is 0 Å². The zero-order chi connectivity index (χ0) is 13.1. The summed E-state index contributed by atoms with van der Waals surface area (Å²) in [6, 6.07) is 7.58. The predicted molar refractivity (Wildman–Crippen MR) is 73.4 cm³/mol. The van der Waals surface area contributed by atoms with Crippen LogP contribution in [0.15, 0.2) is 28.7 Å². The number of ether oxygens (including phenoxy) is 1. The van der Waals surface area contributed by atoms with Crippen molar-refractivity contribution in [3.8, 4) is 5.75 Å². The van der Waals surface area contributed by atoms with E-state index in [0.29, 0.717) is 12.3 Å². The van der Waals surface area contributed by atoms with Crippen molar-refractivity contribution in [3.63, 3.8) is 0 Å². The lowest BCUT2D eigenvalue weighted by atomic mass is 10.3. The summed E-state index contributed by atoms with van der Waals surface area (Å²) in [5, 5.41) is 0. The van der Waals surface area contributed by atoms with Gasteiger partial charge in [0.25, 0.3) is 5.91 Å². The molecule has 1 aliphatic rings. The summed E-state index contributed by atoms with van der Waals surface area (Å²) in [5.41, 5.74) is 5.79. The highest BCUT2D eigenvalue weighted by Gasteiger charge is 2.28. The highest BCUT2D eigenvalue weighted by atomic mass is 79.9. The Morgan fingerprint density at radius 1 is 1.61 bits per heavy atom. The van der Waals surface area contributed by atoms with Crippen molar-refractivity contribution in [3.05, 3.63) is 28.7 Å². The summed E-state index contributed by atoms with van der Waals surface area (Å²) >= 11 is 3.37. The van der Waals surface area contributed by atoms with Crippen LogP contribution >= 0.6 is 15.9 Å². The van der Waals surface area contributed by atoms with Gasteiger partial charge in [-0.15, -0.1) is 0 Å². The topological polar surface area (TPSA) is 55.6 Å². The molecule has 2 N–H and O–H groups in total. The molecular weight excluding hydrogens is 296 g/mol. The average Bonchev–Trinajstić information content (AvgIpc) is 2.75. The Kier molecular flexibility index (Phi) is 4.24. The SMILES string of the molecule is C[C@@H](Oc1cccc(Br)c1)C(=O)N1CC[C@H](N)C1. The Hall–Kier alpha value is -1.07. The van der Waals surface area contributed by atoms with Crippen LogP contribution in [0.2, 0.25) is 0 Å². The first-order valence-electron chi connectivity index (χ1n) is 6.03. The highest BCUT2D eigenvalue weighted by Crippen LogP contribution is 2.20. The molecule has 18 heavy (non-hydrogen) atoms. The van der Waals surface area contributed by atoms with Crippen LogP contribution in [0, 0.1) is 0 Å². The normalized spacial score (nSPS) is 20.8. The van der Waals surface area contributed by atoms with E-state index in [1.165, 1.54) is 0 Å². The lowest BCUT2D eigenvalue weighted by Gasteiger charge is -2.21. The van der Waals surface area contributed by atoms with Gasteiger partial charge in [0.15, 0.2) is 6.10 Å². The Morgan fingerprint density at radius 3 is 3.00 bits per heavy atom. The van der Waals surface area contributed by atoms with Crippen molar-refractivity contribution < 1.29 is 9.53 Å². The van der Waals surface area contributed by atoms with E-state index < -0.39 is 6.10 Å². The van der Waals surface area contributed by atoms with Gasteiger partial charge in [0, 0.05) is 23.6 Å². The first kappa shape index (κ1) is 13.4. The average molecular weight is 313 g/mol. The second-order valence-electron chi connectivity index (χ2n) is 4.55. The molecule has 1 heterocycles. The van der Waals surface area contributed by atoms with Crippen LogP contribution < -0.4 is 10.5 Å². The van der Waals surface area contributed by atoms with Crippen LogP contribution in [0.1, 0.15) is 13.3 Å². The standard InChI is InChI=1S/C13H17BrN2O2/c1-9(13(17)16-6-5-11(15)8-16)18-12-4-2-3-10(14)7-12/h2-4,7,9,11H,5-6,8,15H2,1H3/t9-,11+/m1/s1. The summed E-state index contributed by atoms with van der Waals surface area (Å²) < 4.78 is 6.58. The minimum Gasteiger partial charge on any atom is -0.481 e. The number of likely N-dealkylation sites (tertiary alicyclic amines) is 1. The predicted octanol–water partition coefficient (Wildman–Crippen LogP) is 1.78. The van der Waals surface area contributed by atoms with Crippen LogP contribution in [0.25, 0.3) is 0 Å². The molecule has 98 valence electrons. The molecule has 1 saturated heterocycles. The Labute approximate surface area is 115 Å². The van der Waals surface area contributed by atoms with Crippen molar-refractivity contribution in [2.75, 3.05) is 13.1 Å². The maximum absolute atomic E-state index is 12.1. The zero-order valence-electron chi connectivity index (χ0n) is 10.3. The van der Waals surface area contributed by atoms with Gasteiger partial charge in [-0.1, -0.05) is 22.0 Å². The quantitative estimate of drug-likeness (QED) is 0.925. The van der Waals surface area contributed by atoms with Crippen molar-refractivity contribution in [1.82, 2.24) is 4.90 Å². The molecule has 0 bridgehead atoms. The van der Waals surface area contributed by atoms with E-state index in [4.69, 9.17) is 10.5 Å². The maximum atomic E-state index is 12.1. The van der Waals surface area contributed by atoms with Crippen molar-refractivity contribution in [2.24, 2.45) is 5.73 Å². The van der Waals surface area contributed by atoms with Gasteiger partial charge in [0.2, 0.25) is 0 Å². The highest BCUT2D eigenvalue weighted by molar-refractivity contribution is 9.10. The van der Waals surface area contributed by atoms with Gasteiger partial charge >= 0.3 is 0 Å². The second kappa shape index (κ2) is 5.71. The minimum atomic E-state index is -0.482. The Balaban J connectivity index is 1.95. The van der Waals surface area contributed by atoms with E-state index in [1.807, 2.05) is 24.3 Å². The Bertz CT molecular complexity index is 439. The lowest BCUT2D eigenvalue weighted by molar-refractivity contribution is -0.136. The molecule has 0 spiro atoms. The fourth-order valence-corrected chi connectivity index (χ4v) is 2.42. The molecule has 0 aromatic heterocycles. The number of rotatable bonds is 3. The molecule has 1 fully saturated rings. The summed E-state index contributed by atoms with van der Waals surface area (Å²) in [7, 11) is 0. The summed E-state index contributed by atoms with van der Waals surface area (Å²) in [6.45, 7) is 3.13. The zero-order valence-corrected chi connectivity index (χ0v) is 11.9. The molecule has 0 aliphatic carbocycles. The minimum absolute atomic E-state index is 0.00271. The van der Waals surface area contributed by atoms with Crippen molar-refractivity contribution >= 4 is 21.8 Å². The van der Waals surface area contributed by atoms with Gasteiger partial charge in [0.05, 0.1) is 0 Å². The molecule has 1 aromatic rings. The molecule has 0 unspecified atom stereocenters. The Morgan fingerprint density at radius 2 is 2.39 bits per heavy atom. The number of nitrogens with zero attached hydrogens (tertiary/aromatic N) is 1. The summed E-state index contributed by atoms with van der Waals surface area (Å²) in [6.07, 6.45) is 0.389. The van der Waals surface area contributed by atoms with Crippen LogP contribution in [0.3, 0.4) is 0 Å². The smallest absolute Gasteiger partial charge is 0.263 e. The van der Waals surface area contributed by atoms with Crippen LogP contribution in [-0.2, 0) is 4.79 Å². The van der Waals surface area contributed by atoms with E-state index in [9.17, 15) is 4.79 Å². The number of carbonyl (C=O) groups is 1. The van der Waals surface area contributed by atoms with E-state index in [0.717, 1.165) is 17.4 Å². The van der Waals surface area contributed by atoms with Crippen LogP contribution in [0.4, 0.5) is 0 Å². The maximum Gasteiger partial charge on any atom is 0.263 e. The second-order valence-corrected chi connectivity index (χ2v) is 5.47. The lowest BCUT2D eigenvalue weighted by Crippen LogP contribution is -2.40. The number of nitrogens with two attached hydrogens (primary N) is 1. The van der Waals surface area contributed by atoms with E-state index in [1.54, 1.807) is 11.8 Å². The molecule has 0 saturated carbocycles. The molecule has 2 atom stereocenters. The largest absolute Gasteiger partial charge is 0.481 e. The van der Waals surface area contributed by atoms with E-state index in [-0.39, 0.29) is 11.9 Å². The van der Waals surface area contributed by atoms with Gasteiger partial charge in [-0.2, -0.15) is 0 Å². The van der Waals surface area contributed by atoms with Gasteiger partial charge in [-0.05, 0) is 31.5 Å². The number of hydrogen-bond donors (Lipinski definition) is 1. The first-order valence-corrected chi connectivity index (χ1v) is 6.82. The molecule has 1 amide bonds. The monoisotopic (exact) mass is 312 g/mol.